The number of aliphatic carboxylic acids is 1. The molecule has 0 aliphatic heterocycles. The largest absolute Gasteiger partial charge is 0.489 e. The molecule has 1 amide bonds. The Labute approximate surface area is 199 Å². The van der Waals surface area contributed by atoms with Crippen molar-refractivity contribution < 1.29 is 24.2 Å². The molecule has 4 atom stereocenters. The minimum atomic E-state index is -0.762. The van der Waals surface area contributed by atoms with Crippen LogP contribution in [0.25, 0.3) is 11.4 Å². The van der Waals surface area contributed by atoms with Crippen molar-refractivity contribution in [3.63, 3.8) is 0 Å². The van der Waals surface area contributed by atoms with Gasteiger partial charge in [-0.3, -0.25) is 9.78 Å². The van der Waals surface area contributed by atoms with Crippen LogP contribution in [0.4, 0.5) is 4.79 Å². The lowest BCUT2D eigenvalue weighted by Crippen LogP contribution is -2.35. The number of aryl methyl sites for hydroxylation is 1. The number of carboxylic acid groups (broad SMARTS) is 1. The SMILES string of the molecule is CC1CCC(N(C)C(=O)OCc2c(-c3ccc(O[C@H]4CCC[C@H](C(=O)O)C4)cn3)nnn2C)C1. The Morgan fingerprint density at radius 2 is 2.03 bits per heavy atom. The number of carbonyl (C=O) groups is 2. The zero-order valence-corrected chi connectivity index (χ0v) is 20.0. The van der Waals surface area contributed by atoms with Crippen LogP contribution >= 0.6 is 0 Å². The first-order valence-electron chi connectivity index (χ1n) is 12.0. The summed E-state index contributed by atoms with van der Waals surface area (Å²) in [6.45, 7) is 2.25. The molecule has 2 aliphatic rings. The van der Waals surface area contributed by atoms with Crippen LogP contribution in [0.5, 0.6) is 5.75 Å². The number of pyridine rings is 1. The zero-order chi connectivity index (χ0) is 24.2. The van der Waals surface area contributed by atoms with Crippen LogP contribution in [0.1, 0.15) is 57.6 Å². The van der Waals surface area contributed by atoms with Crippen LogP contribution in [0.2, 0.25) is 0 Å². The van der Waals surface area contributed by atoms with Crippen LogP contribution in [-0.2, 0) is 23.2 Å². The fourth-order valence-corrected chi connectivity index (χ4v) is 4.91. The van der Waals surface area contributed by atoms with E-state index in [4.69, 9.17) is 9.47 Å². The van der Waals surface area contributed by atoms with Gasteiger partial charge in [0.05, 0.1) is 23.9 Å². The molecule has 0 spiro atoms. The second-order valence-corrected chi connectivity index (χ2v) is 9.57. The van der Waals surface area contributed by atoms with Gasteiger partial charge in [-0.1, -0.05) is 12.1 Å². The van der Waals surface area contributed by atoms with Crippen molar-refractivity contribution in [1.82, 2.24) is 24.9 Å². The van der Waals surface area contributed by atoms with Crippen molar-refractivity contribution in [1.29, 1.82) is 0 Å². The molecule has 0 radical (unpaired) electrons. The molecule has 0 bridgehead atoms. The average Bonchev–Trinajstić information content (AvgIpc) is 3.43. The number of carbonyl (C=O) groups excluding carboxylic acids is 1. The topological polar surface area (TPSA) is 120 Å². The number of rotatable bonds is 7. The van der Waals surface area contributed by atoms with E-state index < -0.39 is 5.97 Å². The first-order valence-corrected chi connectivity index (χ1v) is 12.0. The molecule has 2 saturated carbocycles. The van der Waals surface area contributed by atoms with E-state index in [-0.39, 0.29) is 30.8 Å². The third kappa shape index (κ3) is 5.48. The molecule has 1 N–H and O–H groups in total. The fraction of sp³-hybridized carbons (Fsp3) is 0.625. The van der Waals surface area contributed by atoms with Crippen LogP contribution in [0, 0.1) is 11.8 Å². The van der Waals surface area contributed by atoms with Gasteiger partial charge in [0.25, 0.3) is 0 Å². The van der Waals surface area contributed by atoms with Gasteiger partial charge in [0.15, 0.2) is 0 Å². The molecule has 2 heterocycles. The second kappa shape index (κ2) is 10.4. The fourth-order valence-electron chi connectivity index (χ4n) is 4.91. The number of nitrogens with zero attached hydrogens (tertiary/aromatic N) is 5. The smallest absolute Gasteiger partial charge is 0.410 e. The number of hydrogen-bond donors (Lipinski definition) is 1. The number of hydrogen-bond acceptors (Lipinski definition) is 7. The Hall–Kier alpha value is -3.17. The van der Waals surface area contributed by atoms with Gasteiger partial charge in [0.1, 0.15) is 23.7 Å². The summed E-state index contributed by atoms with van der Waals surface area (Å²) in [5.41, 5.74) is 1.79. The van der Waals surface area contributed by atoms with Crippen LogP contribution in [0.3, 0.4) is 0 Å². The molecule has 2 aliphatic carbocycles. The van der Waals surface area contributed by atoms with Gasteiger partial charge in [-0.2, -0.15) is 0 Å². The van der Waals surface area contributed by atoms with Crippen LogP contribution in [0.15, 0.2) is 18.3 Å². The number of ether oxygens (including phenoxy) is 2. The van der Waals surface area contributed by atoms with E-state index in [9.17, 15) is 14.7 Å². The summed E-state index contributed by atoms with van der Waals surface area (Å²) in [7, 11) is 3.54. The highest BCUT2D eigenvalue weighted by atomic mass is 16.6. The lowest BCUT2D eigenvalue weighted by Gasteiger charge is -2.27. The van der Waals surface area contributed by atoms with Gasteiger partial charge in [-0.15, -0.1) is 5.10 Å². The van der Waals surface area contributed by atoms with Crippen molar-refractivity contribution in [2.45, 2.75) is 70.6 Å². The minimum Gasteiger partial charge on any atom is -0.489 e. The Balaban J connectivity index is 1.37. The van der Waals surface area contributed by atoms with Gasteiger partial charge in [0.2, 0.25) is 0 Å². The maximum atomic E-state index is 12.6. The first kappa shape index (κ1) is 24.0. The Kier molecular flexibility index (Phi) is 7.33. The first-order chi connectivity index (χ1) is 16.3. The summed E-state index contributed by atoms with van der Waals surface area (Å²) >= 11 is 0. The molecule has 10 heteroatoms. The summed E-state index contributed by atoms with van der Waals surface area (Å²) in [6, 6.07) is 3.80. The highest BCUT2D eigenvalue weighted by molar-refractivity contribution is 5.70. The summed E-state index contributed by atoms with van der Waals surface area (Å²) in [5, 5.41) is 17.6. The standard InChI is InChI=1S/C24H33N5O5/c1-15-7-8-17(11-15)28(2)24(32)33-14-21-22(26-27-29(21)3)20-10-9-19(13-25-20)34-18-6-4-5-16(12-18)23(30)31/h9-10,13,15-18H,4-8,11-12,14H2,1-3H3,(H,30,31)/t15?,16-,17?,18-/m0/s1. The van der Waals surface area contributed by atoms with Crippen molar-refractivity contribution in [3.8, 4) is 17.1 Å². The Morgan fingerprint density at radius 3 is 2.71 bits per heavy atom. The normalized spacial score (nSPS) is 24.6. The highest BCUT2D eigenvalue weighted by Gasteiger charge is 2.29. The summed E-state index contributed by atoms with van der Waals surface area (Å²) < 4.78 is 13.1. The van der Waals surface area contributed by atoms with E-state index in [0.717, 1.165) is 32.1 Å². The van der Waals surface area contributed by atoms with Gasteiger partial charge < -0.3 is 19.5 Å². The molecular formula is C24H33N5O5. The van der Waals surface area contributed by atoms with E-state index >= 15 is 0 Å². The van der Waals surface area contributed by atoms with E-state index in [1.165, 1.54) is 0 Å². The molecule has 2 unspecified atom stereocenters. The number of amides is 1. The minimum absolute atomic E-state index is 0.0445. The number of carboxylic acids is 1. The van der Waals surface area contributed by atoms with Crippen LogP contribution in [-0.4, -0.2) is 61.2 Å². The molecule has 10 nitrogen and oxygen atoms in total. The maximum absolute atomic E-state index is 12.6. The lowest BCUT2D eigenvalue weighted by molar-refractivity contribution is -0.143. The van der Waals surface area contributed by atoms with E-state index in [2.05, 4.69) is 22.2 Å². The summed E-state index contributed by atoms with van der Waals surface area (Å²) in [5.74, 6) is 0.0977. The van der Waals surface area contributed by atoms with E-state index in [0.29, 0.717) is 41.6 Å². The van der Waals surface area contributed by atoms with Gasteiger partial charge >= 0.3 is 12.1 Å². The maximum Gasteiger partial charge on any atom is 0.410 e. The molecule has 2 aromatic heterocycles. The van der Waals surface area contributed by atoms with Gasteiger partial charge in [0, 0.05) is 20.1 Å². The predicted octanol–water partition coefficient (Wildman–Crippen LogP) is 3.66. The monoisotopic (exact) mass is 471 g/mol. The predicted molar refractivity (Wildman–Crippen MR) is 123 cm³/mol. The molecule has 0 aromatic carbocycles. The Bertz CT molecular complexity index is 1010. The quantitative estimate of drug-likeness (QED) is 0.650. The average molecular weight is 472 g/mol. The third-order valence-electron chi connectivity index (χ3n) is 7.04. The van der Waals surface area contributed by atoms with Crippen molar-refractivity contribution in [2.75, 3.05) is 7.05 Å². The number of aromatic nitrogens is 4. The van der Waals surface area contributed by atoms with E-state index in [1.54, 1.807) is 42.0 Å². The molecular weight excluding hydrogens is 438 g/mol. The van der Waals surface area contributed by atoms with Crippen molar-refractivity contribution in [2.24, 2.45) is 18.9 Å². The molecule has 2 fully saturated rings. The molecule has 2 aromatic rings. The molecule has 4 rings (SSSR count). The summed E-state index contributed by atoms with van der Waals surface area (Å²) in [4.78, 5) is 30.0. The molecule has 184 valence electrons. The Morgan fingerprint density at radius 1 is 1.21 bits per heavy atom. The molecule has 0 saturated heterocycles. The second-order valence-electron chi connectivity index (χ2n) is 9.57. The van der Waals surface area contributed by atoms with Gasteiger partial charge in [-0.05, 0) is 63.0 Å². The highest BCUT2D eigenvalue weighted by Crippen LogP contribution is 2.30. The van der Waals surface area contributed by atoms with Crippen LogP contribution < -0.4 is 4.74 Å². The van der Waals surface area contributed by atoms with Crippen molar-refractivity contribution >= 4 is 12.1 Å². The summed E-state index contributed by atoms with van der Waals surface area (Å²) in [6.07, 6.45) is 7.13. The lowest BCUT2D eigenvalue weighted by atomic mass is 9.87. The van der Waals surface area contributed by atoms with Gasteiger partial charge in [-0.25, -0.2) is 9.48 Å². The third-order valence-corrected chi connectivity index (χ3v) is 7.04. The van der Waals surface area contributed by atoms with E-state index in [1.807, 2.05) is 0 Å². The van der Waals surface area contributed by atoms with Crippen molar-refractivity contribution in [3.05, 3.63) is 24.0 Å². The molecule has 34 heavy (non-hydrogen) atoms. The zero-order valence-electron chi connectivity index (χ0n) is 20.0.